The Labute approximate surface area is 115 Å². The first-order valence-corrected chi connectivity index (χ1v) is 7.23. The number of rotatable bonds is 3. The number of fused-ring (bicyclic) bond motifs is 1. The molecule has 102 valence electrons. The second-order valence-corrected chi connectivity index (χ2v) is 6.14. The first-order valence-electron chi connectivity index (χ1n) is 7.23. The van der Waals surface area contributed by atoms with Crippen molar-refractivity contribution >= 4 is 0 Å². The molecule has 3 atom stereocenters. The highest BCUT2D eigenvalue weighted by molar-refractivity contribution is 5.29. The SMILES string of the molecule is COc1ccc(C[C@@]23CC(C)CC[C@@H]2CN=N3)cc1. The predicted molar refractivity (Wildman–Crippen MR) is 75.7 cm³/mol. The summed E-state index contributed by atoms with van der Waals surface area (Å²) in [4.78, 5) is 0. The van der Waals surface area contributed by atoms with Crippen molar-refractivity contribution in [2.45, 2.75) is 38.1 Å². The van der Waals surface area contributed by atoms with Gasteiger partial charge in [-0.2, -0.15) is 10.2 Å². The molecule has 1 aromatic carbocycles. The summed E-state index contributed by atoms with van der Waals surface area (Å²) >= 11 is 0. The summed E-state index contributed by atoms with van der Waals surface area (Å²) in [7, 11) is 1.71. The van der Waals surface area contributed by atoms with E-state index in [1.165, 1.54) is 24.8 Å². The maximum Gasteiger partial charge on any atom is 0.118 e. The standard InChI is InChI=1S/C16H22N2O/c1-12-3-6-14-11-17-18-16(14,9-12)10-13-4-7-15(19-2)8-5-13/h4-5,7-8,12,14H,3,6,9-11H2,1-2H3/t12?,14-,16+/m1/s1. The number of methoxy groups -OCH3 is 1. The minimum Gasteiger partial charge on any atom is -0.497 e. The third-order valence-electron chi connectivity index (χ3n) is 4.71. The van der Waals surface area contributed by atoms with Gasteiger partial charge in [-0.05, 0) is 42.9 Å². The van der Waals surface area contributed by atoms with Gasteiger partial charge in [0.2, 0.25) is 0 Å². The average molecular weight is 258 g/mol. The number of hydrogen-bond donors (Lipinski definition) is 0. The summed E-state index contributed by atoms with van der Waals surface area (Å²) in [6.45, 7) is 3.28. The Morgan fingerprint density at radius 2 is 2.05 bits per heavy atom. The number of hydrogen-bond acceptors (Lipinski definition) is 3. The molecule has 1 heterocycles. The molecule has 0 aromatic heterocycles. The summed E-state index contributed by atoms with van der Waals surface area (Å²) < 4.78 is 5.22. The van der Waals surface area contributed by atoms with Crippen LogP contribution in [0.4, 0.5) is 0 Å². The van der Waals surface area contributed by atoms with Crippen molar-refractivity contribution in [1.29, 1.82) is 0 Å². The Balaban J connectivity index is 1.81. The van der Waals surface area contributed by atoms with Crippen LogP contribution in [0.15, 0.2) is 34.5 Å². The number of azo groups is 1. The van der Waals surface area contributed by atoms with Crippen LogP contribution in [0.5, 0.6) is 5.75 Å². The molecule has 0 radical (unpaired) electrons. The van der Waals surface area contributed by atoms with Gasteiger partial charge in [0.15, 0.2) is 0 Å². The summed E-state index contributed by atoms with van der Waals surface area (Å²) in [5.41, 5.74) is 1.42. The second-order valence-electron chi connectivity index (χ2n) is 6.14. The van der Waals surface area contributed by atoms with Crippen LogP contribution in [-0.2, 0) is 6.42 Å². The predicted octanol–water partition coefficient (Wildman–Crippen LogP) is 3.88. The van der Waals surface area contributed by atoms with Gasteiger partial charge in [-0.3, -0.25) is 0 Å². The quantitative estimate of drug-likeness (QED) is 0.810. The van der Waals surface area contributed by atoms with Gasteiger partial charge in [0, 0.05) is 5.92 Å². The zero-order valence-electron chi connectivity index (χ0n) is 11.8. The van der Waals surface area contributed by atoms with Gasteiger partial charge < -0.3 is 4.74 Å². The van der Waals surface area contributed by atoms with E-state index in [9.17, 15) is 0 Å². The molecule has 2 aliphatic rings. The van der Waals surface area contributed by atoms with E-state index in [1.54, 1.807) is 7.11 Å². The van der Waals surface area contributed by atoms with E-state index in [4.69, 9.17) is 4.74 Å². The fourth-order valence-corrected chi connectivity index (χ4v) is 3.64. The van der Waals surface area contributed by atoms with Crippen LogP contribution in [0.1, 0.15) is 31.7 Å². The molecule has 0 amide bonds. The summed E-state index contributed by atoms with van der Waals surface area (Å²) in [5, 5.41) is 9.04. The second kappa shape index (κ2) is 4.95. The Kier molecular flexibility index (Phi) is 3.29. The molecule has 3 nitrogen and oxygen atoms in total. The van der Waals surface area contributed by atoms with E-state index in [1.807, 2.05) is 12.1 Å². The van der Waals surface area contributed by atoms with E-state index in [2.05, 4.69) is 29.3 Å². The maximum atomic E-state index is 5.22. The Morgan fingerprint density at radius 3 is 2.79 bits per heavy atom. The molecule has 0 N–H and O–H groups in total. The summed E-state index contributed by atoms with van der Waals surface area (Å²) in [6, 6.07) is 8.41. The van der Waals surface area contributed by atoms with Crippen molar-refractivity contribution in [2.24, 2.45) is 22.1 Å². The average Bonchev–Trinajstić information content (AvgIpc) is 2.82. The lowest BCUT2D eigenvalue weighted by atomic mass is 9.67. The molecule has 1 fully saturated rings. The normalized spacial score (nSPS) is 33.2. The van der Waals surface area contributed by atoms with E-state index >= 15 is 0 Å². The molecule has 1 unspecified atom stereocenters. The van der Waals surface area contributed by atoms with Gasteiger partial charge in [0.05, 0.1) is 19.2 Å². The molecule has 1 aliphatic heterocycles. The Morgan fingerprint density at radius 1 is 1.26 bits per heavy atom. The summed E-state index contributed by atoms with van der Waals surface area (Å²) in [5.74, 6) is 2.35. The van der Waals surface area contributed by atoms with Crippen LogP contribution < -0.4 is 4.74 Å². The first-order chi connectivity index (χ1) is 9.22. The molecule has 0 bridgehead atoms. The maximum absolute atomic E-state index is 5.22. The topological polar surface area (TPSA) is 34.0 Å². The molecule has 3 heteroatoms. The monoisotopic (exact) mass is 258 g/mol. The van der Waals surface area contributed by atoms with E-state index in [0.29, 0.717) is 5.92 Å². The fraction of sp³-hybridized carbons (Fsp3) is 0.625. The summed E-state index contributed by atoms with van der Waals surface area (Å²) in [6.07, 6.45) is 4.83. The Bertz CT molecular complexity index is 468. The van der Waals surface area contributed by atoms with Crippen LogP contribution in [0.2, 0.25) is 0 Å². The zero-order valence-corrected chi connectivity index (χ0v) is 11.8. The lowest BCUT2D eigenvalue weighted by Crippen LogP contribution is -2.41. The highest BCUT2D eigenvalue weighted by atomic mass is 16.5. The smallest absolute Gasteiger partial charge is 0.118 e. The molecule has 3 rings (SSSR count). The minimum atomic E-state index is 0.0756. The largest absolute Gasteiger partial charge is 0.497 e. The van der Waals surface area contributed by atoms with Gasteiger partial charge in [-0.15, -0.1) is 0 Å². The number of nitrogens with zero attached hydrogens (tertiary/aromatic N) is 2. The highest BCUT2D eigenvalue weighted by Gasteiger charge is 2.46. The van der Waals surface area contributed by atoms with Crippen molar-refractivity contribution in [1.82, 2.24) is 0 Å². The van der Waals surface area contributed by atoms with Gasteiger partial charge in [-0.25, -0.2) is 0 Å². The number of benzene rings is 1. The van der Waals surface area contributed by atoms with Crippen LogP contribution in [-0.4, -0.2) is 19.2 Å². The fourth-order valence-electron chi connectivity index (χ4n) is 3.64. The van der Waals surface area contributed by atoms with Gasteiger partial charge in [0.25, 0.3) is 0 Å². The minimum absolute atomic E-state index is 0.0756. The van der Waals surface area contributed by atoms with Crippen molar-refractivity contribution in [3.63, 3.8) is 0 Å². The molecule has 1 saturated carbocycles. The Hall–Kier alpha value is -1.38. The molecule has 19 heavy (non-hydrogen) atoms. The number of ether oxygens (including phenoxy) is 1. The van der Waals surface area contributed by atoms with Gasteiger partial charge in [-0.1, -0.05) is 25.5 Å². The lowest BCUT2D eigenvalue weighted by molar-refractivity contribution is 0.177. The molecule has 0 saturated heterocycles. The highest BCUT2D eigenvalue weighted by Crippen LogP contribution is 2.45. The molecule has 1 aliphatic carbocycles. The third-order valence-corrected chi connectivity index (χ3v) is 4.71. The van der Waals surface area contributed by atoms with Crippen LogP contribution >= 0.6 is 0 Å². The molecular weight excluding hydrogens is 236 g/mol. The molecule has 1 aromatic rings. The lowest BCUT2D eigenvalue weighted by Gasteiger charge is -2.39. The van der Waals surface area contributed by atoms with E-state index in [0.717, 1.165) is 24.6 Å². The van der Waals surface area contributed by atoms with E-state index in [-0.39, 0.29) is 5.54 Å². The molecule has 0 spiro atoms. The molecular formula is C16H22N2O. The van der Waals surface area contributed by atoms with Crippen LogP contribution in [0.25, 0.3) is 0 Å². The van der Waals surface area contributed by atoms with E-state index < -0.39 is 0 Å². The van der Waals surface area contributed by atoms with Crippen molar-refractivity contribution in [2.75, 3.05) is 13.7 Å². The zero-order chi connectivity index (χ0) is 13.3. The van der Waals surface area contributed by atoms with Crippen LogP contribution in [0.3, 0.4) is 0 Å². The first kappa shape index (κ1) is 12.6. The van der Waals surface area contributed by atoms with Crippen molar-refractivity contribution in [3.8, 4) is 5.75 Å². The van der Waals surface area contributed by atoms with Gasteiger partial charge in [0.1, 0.15) is 5.75 Å². The van der Waals surface area contributed by atoms with Crippen LogP contribution in [0, 0.1) is 11.8 Å². The van der Waals surface area contributed by atoms with Crippen molar-refractivity contribution in [3.05, 3.63) is 29.8 Å². The van der Waals surface area contributed by atoms with Gasteiger partial charge >= 0.3 is 0 Å². The van der Waals surface area contributed by atoms with Crippen molar-refractivity contribution < 1.29 is 4.74 Å². The third kappa shape index (κ3) is 2.38.